The molecule has 0 atom stereocenters. The van der Waals surface area contributed by atoms with Crippen molar-refractivity contribution in [3.8, 4) is 17.1 Å². The van der Waals surface area contributed by atoms with E-state index >= 15 is 0 Å². The van der Waals surface area contributed by atoms with Crippen LogP contribution < -0.4 is 5.56 Å². The maximum Gasteiger partial charge on any atom is 0.285 e. The summed E-state index contributed by atoms with van der Waals surface area (Å²) in [5.41, 5.74) is 1.49. The van der Waals surface area contributed by atoms with Gasteiger partial charge < -0.3 is 4.42 Å². The molecular weight excluding hydrogens is 302 g/mol. The topological polar surface area (TPSA) is 60.9 Å². The third-order valence-electron chi connectivity index (χ3n) is 3.52. The molecule has 108 valence electrons. The average Bonchev–Trinajstić information content (AvgIpc) is 2.86. The van der Waals surface area contributed by atoms with E-state index in [1.165, 1.54) is 4.68 Å². The highest BCUT2D eigenvalue weighted by Crippen LogP contribution is 2.30. The Bertz CT molecular complexity index is 1040. The molecule has 0 fully saturated rings. The number of hydrogen-bond donors (Lipinski definition) is 0. The Labute approximate surface area is 130 Å². The normalized spacial score (nSPS) is 11.4. The SMILES string of the molecule is Cc1oc2ccccc2c2nn(-c3cccc(Cl)n3)c(=O)c1-2. The Balaban J connectivity index is 2.12. The summed E-state index contributed by atoms with van der Waals surface area (Å²) in [4.78, 5) is 16.8. The molecule has 1 aromatic carbocycles. The molecule has 0 spiro atoms. The number of para-hydroxylation sites is 1. The third kappa shape index (κ3) is 1.83. The number of aromatic nitrogens is 3. The molecule has 0 aliphatic carbocycles. The number of benzene rings is 1. The van der Waals surface area contributed by atoms with Crippen molar-refractivity contribution in [1.29, 1.82) is 0 Å². The van der Waals surface area contributed by atoms with Gasteiger partial charge in [0.2, 0.25) is 0 Å². The van der Waals surface area contributed by atoms with Gasteiger partial charge in [-0.3, -0.25) is 4.79 Å². The van der Waals surface area contributed by atoms with Crippen molar-refractivity contribution in [1.82, 2.24) is 14.8 Å². The largest absolute Gasteiger partial charge is 0.460 e. The second kappa shape index (κ2) is 4.68. The van der Waals surface area contributed by atoms with Gasteiger partial charge in [-0.15, -0.1) is 0 Å². The summed E-state index contributed by atoms with van der Waals surface area (Å²) in [6.45, 7) is 1.76. The first kappa shape index (κ1) is 13.0. The first-order valence-corrected chi connectivity index (χ1v) is 7.07. The van der Waals surface area contributed by atoms with Gasteiger partial charge in [0.05, 0.1) is 0 Å². The molecule has 2 aromatic rings. The van der Waals surface area contributed by atoms with Gasteiger partial charge in [0.1, 0.15) is 27.8 Å². The zero-order valence-electron chi connectivity index (χ0n) is 11.6. The van der Waals surface area contributed by atoms with Gasteiger partial charge in [-0.25, -0.2) is 4.98 Å². The van der Waals surface area contributed by atoms with Crippen molar-refractivity contribution < 1.29 is 4.42 Å². The molecule has 1 aromatic heterocycles. The predicted molar refractivity (Wildman–Crippen MR) is 83.8 cm³/mol. The van der Waals surface area contributed by atoms with Crippen LogP contribution in [0.25, 0.3) is 28.0 Å². The van der Waals surface area contributed by atoms with Crippen LogP contribution in [0.3, 0.4) is 0 Å². The molecule has 2 aliphatic heterocycles. The van der Waals surface area contributed by atoms with Crippen molar-refractivity contribution in [3.63, 3.8) is 0 Å². The van der Waals surface area contributed by atoms with E-state index in [1.54, 1.807) is 25.1 Å². The third-order valence-corrected chi connectivity index (χ3v) is 3.73. The van der Waals surface area contributed by atoms with Gasteiger partial charge in [-0.1, -0.05) is 29.8 Å². The fourth-order valence-electron chi connectivity index (χ4n) is 2.55. The highest BCUT2D eigenvalue weighted by Gasteiger charge is 2.23. The van der Waals surface area contributed by atoms with Crippen LogP contribution >= 0.6 is 11.6 Å². The Morgan fingerprint density at radius 3 is 2.77 bits per heavy atom. The fourth-order valence-corrected chi connectivity index (χ4v) is 2.71. The zero-order valence-corrected chi connectivity index (χ0v) is 12.3. The highest BCUT2D eigenvalue weighted by atomic mass is 35.5. The van der Waals surface area contributed by atoms with E-state index in [-0.39, 0.29) is 5.56 Å². The summed E-state index contributed by atoms with van der Waals surface area (Å²) in [5, 5.41) is 5.54. The van der Waals surface area contributed by atoms with Gasteiger partial charge in [0.25, 0.3) is 5.56 Å². The molecule has 0 bridgehead atoms. The lowest BCUT2D eigenvalue weighted by Gasteiger charge is -2.04. The molecule has 4 rings (SSSR count). The van der Waals surface area contributed by atoms with E-state index in [9.17, 15) is 4.79 Å². The van der Waals surface area contributed by atoms with Crippen LogP contribution in [0.2, 0.25) is 5.15 Å². The summed E-state index contributed by atoms with van der Waals surface area (Å²) >= 11 is 5.90. The molecule has 0 unspecified atom stereocenters. The van der Waals surface area contributed by atoms with Gasteiger partial charge in [0, 0.05) is 5.39 Å². The summed E-state index contributed by atoms with van der Waals surface area (Å²) < 4.78 is 6.98. The van der Waals surface area contributed by atoms with Gasteiger partial charge in [-0.05, 0) is 31.2 Å². The van der Waals surface area contributed by atoms with E-state index in [2.05, 4.69) is 10.1 Å². The Kier molecular flexibility index (Phi) is 2.77. The van der Waals surface area contributed by atoms with E-state index < -0.39 is 0 Å². The number of nitrogens with zero attached hydrogens (tertiary/aromatic N) is 3. The number of halogens is 1. The number of aryl methyl sites for hydroxylation is 1. The van der Waals surface area contributed by atoms with Crippen molar-refractivity contribution >= 4 is 22.6 Å². The van der Waals surface area contributed by atoms with E-state index in [0.29, 0.717) is 33.6 Å². The molecular formula is C16H10ClN3O2. The molecule has 0 N–H and O–H groups in total. The van der Waals surface area contributed by atoms with E-state index in [4.69, 9.17) is 16.0 Å². The van der Waals surface area contributed by atoms with Crippen LogP contribution in [0.4, 0.5) is 0 Å². The molecule has 22 heavy (non-hydrogen) atoms. The summed E-state index contributed by atoms with van der Waals surface area (Å²) in [6.07, 6.45) is 0. The second-order valence-electron chi connectivity index (χ2n) is 4.91. The first-order valence-electron chi connectivity index (χ1n) is 6.69. The van der Waals surface area contributed by atoms with E-state index in [0.717, 1.165) is 5.39 Å². The summed E-state index contributed by atoms with van der Waals surface area (Å²) in [5.74, 6) is 0.921. The van der Waals surface area contributed by atoms with Crippen LogP contribution in [0.1, 0.15) is 5.76 Å². The van der Waals surface area contributed by atoms with Crippen LogP contribution in [0.5, 0.6) is 0 Å². The minimum atomic E-state index is -0.267. The van der Waals surface area contributed by atoms with Gasteiger partial charge >= 0.3 is 0 Å². The lowest BCUT2D eigenvalue weighted by Crippen LogP contribution is -2.16. The smallest absolute Gasteiger partial charge is 0.285 e. The minimum Gasteiger partial charge on any atom is -0.460 e. The molecule has 6 heteroatoms. The minimum absolute atomic E-state index is 0.267. The summed E-state index contributed by atoms with van der Waals surface area (Å²) in [6, 6.07) is 12.6. The molecule has 2 aliphatic rings. The van der Waals surface area contributed by atoms with Gasteiger partial charge in [-0.2, -0.15) is 9.78 Å². The highest BCUT2D eigenvalue weighted by molar-refractivity contribution is 6.29. The van der Waals surface area contributed by atoms with Crippen molar-refractivity contribution in [3.05, 3.63) is 63.7 Å². The molecule has 3 heterocycles. The number of hydrogen-bond acceptors (Lipinski definition) is 4. The number of pyridine rings is 1. The quantitative estimate of drug-likeness (QED) is 0.505. The first-order chi connectivity index (χ1) is 10.6. The maximum atomic E-state index is 12.7. The lowest BCUT2D eigenvalue weighted by molar-refractivity contribution is 0.567. The molecule has 0 saturated carbocycles. The van der Waals surface area contributed by atoms with E-state index in [1.807, 2.05) is 24.3 Å². The average molecular weight is 312 g/mol. The molecule has 0 saturated heterocycles. The summed E-state index contributed by atoms with van der Waals surface area (Å²) in [7, 11) is 0. The van der Waals surface area contributed by atoms with Gasteiger partial charge in [0.15, 0.2) is 5.82 Å². The van der Waals surface area contributed by atoms with Crippen LogP contribution in [0.15, 0.2) is 51.7 Å². The Hall–Kier alpha value is -2.66. The van der Waals surface area contributed by atoms with Crippen LogP contribution in [0, 0.1) is 6.92 Å². The zero-order chi connectivity index (χ0) is 15.3. The molecule has 0 radical (unpaired) electrons. The van der Waals surface area contributed by atoms with Crippen LogP contribution in [-0.4, -0.2) is 14.8 Å². The van der Waals surface area contributed by atoms with Crippen molar-refractivity contribution in [2.45, 2.75) is 6.92 Å². The number of rotatable bonds is 1. The predicted octanol–water partition coefficient (Wildman–Crippen LogP) is 3.44. The van der Waals surface area contributed by atoms with Crippen molar-refractivity contribution in [2.24, 2.45) is 0 Å². The standard InChI is InChI=1S/C16H10ClN3O2/c1-9-14-15(10-5-2-3-6-11(10)22-9)19-20(16(14)21)13-8-4-7-12(17)18-13/h2-8H,1H3. The number of fused-ring (bicyclic) bond motifs is 3. The fraction of sp³-hybridized carbons (Fsp3) is 0.0625. The maximum absolute atomic E-state index is 12.7. The monoisotopic (exact) mass is 311 g/mol. The molecule has 0 amide bonds. The second-order valence-corrected chi connectivity index (χ2v) is 5.30. The Morgan fingerprint density at radius 1 is 1.14 bits per heavy atom. The molecule has 5 nitrogen and oxygen atoms in total. The van der Waals surface area contributed by atoms with Crippen LogP contribution in [-0.2, 0) is 0 Å². The lowest BCUT2D eigenvalue weighted by atomic mass is 10.1. The van der Waals surface area contributed by atoms with Crippen molar-refractivity contribution in [2.75, 3.05) is 0 Å². The Morgan fingerprint density at radius 2 is 1.95 bits per heavy atom.